The summed E-state index contributed by atoms with van der Waals surface area (Å²) in [6.07, 6.45) is 6.66. The molecule has 23 heavy (non-hydrogen) atoms. The molecule has 0 aliphatic carbocycles. The number of fused-ring (bicyclic) bond motifs is 1. The van der Waals surface area contributed by atoms with Crippen molar-refractivity contribution >= 4 is 22.7 Å². The molecule has 2 aromatic rings. The molecular formula is C20H24O2S. The molecule has 0 amide bonds. The van der Waals surface area contributed by atoms with Gasteiger partial charge in [-0.15, -0.1) is 11.8 Å². The van der Waals surface area contributed by atoms with E-state index in [2.05, 4.69) is 18.8 Å². The Hall–Kier alpha value is -1.66. The quantitative estimate of drug-likeness (QED) is 0.379. The number of rotatable bonds is 7. The minimum Gasteiger partial charge on any atom is -0.449 e. The maximum Gasteiger partial charge on any atom is 0.196 e. The van der Waals surface area contributed by atoms with Crippen molar-refractivity contribution in [3.63, 3.8) is 0 Å². The van der Waals surface area contributed by atoms with Crippen molar-refractivity contribution in [2.75, 3.05) is 5.75 Å². The summed E-state index contributed by atoms with van der Waals surface area (Å²) < 4.78 is 5.87. The van der Waals surface area contributed by atoms with E-state index in [0.717, 1.165) is 30.1 Å². The van der Waals surface area contributed by atoms with Crippen molar-refractivity contribution in [3.8, 4) is 11.8 Å². The summed E-state index contributed by atoms with van der Waals surface area (Å²) in [5, 5.41) is 1.40. The Kier molecular flexibility index (Phi) is 7.29. The number of thioether (sulfide) groups is 1. The van der Waals surface area contributed by atoms with E-state index in [4.69, 9.17) is 4.42 Å². The van der Waals surface area contributed by atoms with Gasteiger partial charge >= 0.3 is 0 Å². The SMILES string of the molecule is CCCCCC#CCCCSc1oc2ccccc2c(=O)c1C. The minimum atomic E-state index is 0.0741. The van der Waals surface area contributed by atoms with Gasteiger partial charge in [0.05, 0.1) is 5.39 Å². The van der Waals surface area contributed by atoms with Crippen LogP contribution < -0.4 is 5.43 Å². The van der Waals surface area contributed by atoms with Gasteiger partial charge in [-0.05, 0) is 31.9 Å². The zero-order valence-corrected chi connectivity index (χ0v) is 14.8. The first kappa shape index (κ1) is 17.7. The highest BCUT2D eigenvalue weighted by atomic mass is 32.2. The fraction of sp³-hybridized carbons (Fsp3) is 0.450. The number of hydrogen-bond acceptors (Lipinski definition) is 3. The fourth-order valence-electron chi connectivity index (χ4n) is 2.32. The third-order valence-electron chi connectivity index (χ3n) is 3.69. The lowest BCUT2D eigenvalue weighted by Gasteiger charge is -2.05. The van der Waals surface area contributed by atoms with Crippen LogP contribution in [0.3, 0.4) is 0 Å². The van der Waals surface area contributed by atoms with Gasteiger partial charge in [-0.3, -0.25) is 4.79 Å². The van der Waals surface area contributed by atoms with Crippen LogP contribution in [0, 0.1) is 18.8 Å². The van der Waals surface area contributed by atoms with E-state index in [9.17, 15) is 4.79 Å². The maximum atomic E-state index is 12.3. The molecule has 0 aliphatic heterocycles. The van der Waals surface area contributed by atoms with Crippen molar-refractivity contribution in [1.29, 1.82) is 0 Å². The molecule has 0 unspecified atom stereocenters. The molecule has 0 spiro atoms. The lowest BCUT2D eigenvalue weighted by atomic mass is 10.2. The van der Waals surface area contributed by atoms with Gasteiger partial charge in [0.15, 0.2) is 10.5 Å². The van der Waals surface area contributed by atoms with Crippen molar-refractivity contribution in [2.24, 2.45) is 0 Å². The van der Waals surface area contributed by atoms with Gasteiger partial charge in [-0.2, -0.15) is 0 Å². The van der Waals surface area contributed by atoms with Gasteiger partial charge in [0.2, 0.25) is 0 Å². The molecule has 0 radical (unpaired) electrons. The zero-order valence-electron chi connectivity index (χ0n) is 14.0. The summed E-state index contributed by atoms with van der Waals surface area (Å²) in [6.45, 7) is 4.05. The smallest absolute Gasteiger partial charge is 0.196 e. The Morgan fingerprint density at radius 3 is 2.61 bits per heavy atom. The summed E-state index contributed by atoms with van der Waals surface area (Å²) in [5.41, 5.74) is 1.45. The summed E-state index contributed by atoms with van der Waals surface area (Å²) in [7, 11) is 0. The summed E-state index contributed by atoms with van der Waals surface area (Å²) >= 11 is 1.61. The fourth-order valence-corrected chi connectivity index (χ4v) is 3.25. The second kappa shape index (κ2) is 9.47. The highest BCUT2D eigenvalue weighted by molar-refractivity contribution is 7.99. The van der Waals surface area contributed by atoms with Gasteiger partial charge in [0.1, 0.15) is 5.58 Å². The van der Waals surface area contributed by atoms with Crippen LogP contribution in [0.4, 0.5) is 0 Å². The normalized spacial score (nSPS) is 10.5. The first-order valence-corrected chi connectivity index (χ1v) is 9.33. The average Bonchev–Trinajstić information content (AvgIpc) is 2.57. The Morgan fingerprint density at radius 1 is 1.09 bits per heavy atom. The van der Waals surface area contributed by atoms with Gasteiger partial charge in [-0.25, -0.2) is 0 Å². The van der Waals surface area contributed by atoms with E-state index in [1.54, 1.807) is 11.8 Å². The van der Waals surface area contributed by atoms with Crippen LogP contribution in [-0.2, 0) is 0 Å². The number of benzene rings is 1. The van der Waals surface area contributed by atoms with Crippen LogP contribution in [0.5, 0.6) is 0 Å². The molecule has 0 fully saturated rings. The van der Waals surface area contributed by atoms with Crippen molar-refractivity contribution in [3.05, 3.63) is 40.1 Å². The molecular weight excluding hydrogens is 304 g/mol. The Bertz CT molecular complexity index is 750. The standard InChI is InChI=1S/C20H24O2S/c1-3-4-5-6-7-8-9-12-15-23-20-16(2)19(21)17-13-10-11-14-18(17)22-20/h10-11,13-14H,3-6,9,12,15H2,1-2H3. The van der Waals surface area contributed by atoms with E-state index in [-0.39, 0.29) is 5.43 Å². The molecule has 0 saturated heterocycles. The van der Waals surface area contributed by atoms with Crippen molar-refractivity contribution < 1.29 is 4.42 Å². The molecule has 0 saturated carbocycles. The molecule has 0 N–H and O–H groups in total. The lowest BCUT2D eigenvalue weighted by Crippen LogP contribution is -2.06. The van der Waals surface area contributed by atoms with Gasteiger partial charge in [0, 0.05) is 24.2 Å². The number of hydrogen-bond donors (Lipinski definition) is 0. The summed E-state index contributed by atoms with van der Waals surface area (Å²) in [5.74, 6) is 7.38. The van der Waals surface area contributed by atoms with Gasteiger partial charge in [-0.1, -0.05) is 43.7 Å². The van der Waals surface area contributed by atoms with Crippen LogP contribution >= 0.6 is 11.8 Å². The van der Waals surface area contributed by atoms with Crippen LogP contribution in [0.1, 0.15) is 51.0 Å². The molecule has 2 rings (SSSR count). The maximum absolute atomic E-state index is 12.3. The van der Waals surface area contributed by atoms with E-state index >= 15 is 0 Å². The van der Waals surface area contributed by atoms with Crippen LogP contribution in [0.25, 0.3) is 11.0 Å². The van der Waals surface area contributed by atoms with Crippen LogP contribution in [0.2, 0.25) is 0 Å². The summed E-state index contributed by atoms with van der Waals surface area (Å²) in [4.78, 5) is 12.3. The van der Waals surface area contributed by atoms with E-state index in [1.807, 2.05) is 31.2 Å². The van der Waals surface area contributed by atoms with Crippen molar-refractivity contribution in [2.45, 2.75) is 57.5 Å². The predicted molar refractivity (Wildman–Crippen MR) is 99.1 cm³/mol. The largest absolute Gasteiger partial charge is 0.449 e. The van der Waals surface area contributed by atoms with E-state index in [1.165, 1.54) is 19.3 Å². The molecule has 0 bridgehead atoms. The molecule has 2 nitrogen and oxygen atoms in total. The zero-order chi connectivity index (χ0) is 16.5. The molecule has 1 heterocycles. The number of para-hydroxylation sites is 1. The second-order valence-corrected chi connectivity index (χ2v) is 6.67. The lowest BCUT2D eigenvalue weighted by molar-refractivity contribution is 0.492. The highest BCUT2D eigenvalue weighted by Crippen LogP contribution is 2.25. The Labute approximate surface area is 142 Å². The van der Waals surface area contributed by atoms with Crippen molar-refractivity contribution in [1.82, 2.24) is 0 Å². The average molecular weight is 328 g/mol. The summed E-state index contributed by atoms with van der Waals surface area (Å²) in [6, 6.07) is 7.42. The topological polar surface area (TPSA) is 30.2 Å². The molecule has 0 aliphatic rings. The monoisotopic (exact) mass is 328 g/mol. The Balaban J connectivity index is 1.86. The second-order valence-electron chi connectivity index (χ2n) is 5.60. The van der Waals surface area contributed by atoms with E-state index in [0.29, 0.717) is 16.5 Å². The minimum absolute atomic E-state index is 0.0741. The molecule has 1 aromatic heterocycles. The first-order chi connectivity index (χ1) is 11.2. The molecule has 0 atom stereocenters. The van der Waals surface area contributed by atoms with E-state index < -0.39 is 0 Å². The van der Waals surface area contributed by atoms with Crippen LogP contribution in [-0.4, -0.2) is 5.75 Å². The third-order valence-corrected chi connectivity index (χ3v) is 4.84. The Morgan fingerprint density at radius 2 is 1.83 bits per heavy atom. The molecule has 3 heteroatoms. The molecule has 122 valence electrons. The predicted octanol–water partition coefficient (Wildman–Crippen LogP) is 5.56. The third kappa shape index (κ3) is 5.18. The first-order valence-electron chi connectivity index (χ1n) is 8.35. The van der Waals surface area contributed by atoms with Crippen LogP contribution in [0.15, 0.2) is 38.6 Å². The highest BCUT2D eigenvalue weighted by Gasteiger charge is 2.10. The van der Waals surface area contributed by atoms with Gasteiger partial charge in [0.25, 0.3) is 0 Å². The van der Waals surface area contributed by atoms with Gasteiger partial charge < -0.3 is 4.42 Å². The number of unbranched alkanes of at least 4 members (excludes halogenated alkanes) is 4. The molecule has 1 aromatic carbocycles.